The number of benzene rings is 1. The summed E-state index contributed by atoms with van der Waals surface area (Å²) in [6.45, 7) is 6.16. The molecule has 1 saturated heterocycles. The van der Waals surface area contributed by atoms with E-state index in [0.29, 0.717) is 0 Å². The van der Waals surface area contributed by atoms with Gasteiger partial charge in [0.15, 0.2) is 0 Å². The normalized spacial score (nSPS) is 16.4. The van der Waals surface area contributed by atoms with Crippen LogP contribution in [0.2, 0.25) is 0 Å². The zero-order valence-corrected chi connectivity index (χ0v) is 14.3. The molecular weight excluding hydrogens is 278 g/mol. The van der Waals surface area contributed by atoms with Crippen molar-refractivity contribution in [1.29, 1.82) is 0 Å². The molecule has 2 aromatic rings. The number of nitrogens with zero attached hydrogens (tertiary/aromatic N) is 3. The van der Waals surface area contributed by atoms with Gasteiger partial charge in [0.05, 0.1) is 11.0 Å². The monoisotopic (exact) mass is 305 g/mol. The maximum Gasteiger partial charge on any atom is 0.328 e. The zero-order chi connectivity index (χ0) is 16.3. The number of hydrogen-bond donors (Lipinski definition) is 0. The fourth-order valence-corrected chi connectivity index (χ4v) is 2.86. The molecule has 5 heteroatoms. The Bertz CT molecular complexity index is 679. The van der Waals surface area contributed by atoms with E-state index in [0.717, 1.165) is 42.7 Å². The second-order valence-electron chi connectivity index (χ2n) is 5.67. The van der Waals surface area contributed by atoms with Gasteiger partial charge in [-0.1, -0.05) is 13.8 Å². The first kappa shape index (κ1) is 16.6. The highest BCUT2D eigenvalue weighted by Gasteiger charge is 2.18. The molecule has 1 fully saturated rings. The first-order valence-electron chi connectivity index (χ1n) is 8.07. The van der Waals surface area contributed by atoms with Crippen molar-refractivity contribution in [2.45, 2.75) is 32.8 Å². The van der Waals surface area contributed by atoms with Gasteiger partial charge in [-0.25, -0.2) is 4.79 Å². The van der Waals surface area contributed by atoms with Gasteiger partial charge in [-0.15, -0.1) is 0 Å². The first-order chi connectivity index (χ1) is 10.6. The van der Waals surface area contributed by atoms with E-state index in [2.05, 4.69) is 11.9 Å². The lowest BCUT2D eigenvalue weighted by molar-refractivity contribution is 0.114. The fourth-order valence-electron chi connectivity index (χ4n) is 2.86. The lowest BCUT2D eigenvalue weighted by Crippen LogP contribution is -2.35. The molecule has 2 heterocycles. The molecule has 0 atom stereocenters. The van der Waals surface area contributed by atoms with E-state index in [1.54, 1.807) is 23.2 Å². The van der Waals surface area contributed by atoms with Gasteiger partial charge in [0.2, 0.25) is 0 Å². The van der Waals surface area contributed by atoms with Crippen molar-refractivity contribution in [1.82, 2.24) is 14.0 Å². The molecule has 0 unspecified atom stereocenters. The summed E-state index contributed by atoms with van der Waals surface area (Å²) in [5.41, 5.74) is 1.85. The molecular formula is C17H27N3O2. The topological polar surface area (TPSA) is 39.4 Å². The van der Waals surface area contributed by atoms with Gasteiger partial charge in [0.1, 0.15) is 11.9 Å². The Morgan fingerprint density at radius 3 is 2.23 bits per heavy atom. The van der Waals surface area contributed by atoms with E-state index < -0.39 is 0 Å². The maximum atomic E-state index is 11.9. The standard InChI is InChI=1S/C15H21N3O2.C2H6/c1-16-8-6-11(7-9-16)20-12-4-5-13-14(10-12)18(3)15(19)17(13)2;1-2/h4-5,10-11H,6-9H2,1-3H3;1-2H3. The predicted molar refractivity (Wildman–Crippen MR) is 90.7 cm³/mol. The summed E-state index contributed by atoms with van der Waals surface area (Å²) < 4.78 is 9.39. The fraction of sp³-hybridized carbons (Fsp3) is 0.588. The van der Waals surface area contributed by atoms with Gasteiger partial charge in [-0.3, -0.25) is 9.13 Å². The molecule has 0 amide bonds. The number of imidazole rings is 1. The summed E-state index contributed by atoms with van der Waals surface area (Å²) >= 11 is 0. The van der Waals surface area contributed by atoms with Crippen LogP contribution in [-0.4, -0.2) is 40.3 Å². The number of aryl methyl sites for hydroxylation is 2. The van der Waals surface area contributed by atoms with Gasteiger partial charge < -0.3 is 9.64 Å². The molecule has 0 radical (unpaired) electrons. The molecule has 0 aliphatic carbocycles. The second kappa shape index (κ2) is 7.01. The molecule has 0 N–H and O–H groups in total. The highest BCUT2D eigenvalue weighted by Crippen LogP contribution is 2.23. The summed E-state index contributed by atoms with van der Waals surface area (Å²) in [6, 6.07) is 5.89. The van der Waals surface area contributed by atoms with Crippen LogP contribution in [-0.2, 0) is 14.1 Å². The number of aromatic nitrogens is 2. The highest BCUT2D eigenvalue weighted by atomic mass is 16.5. The molecule has 3 rings (SSSR count). The molecule has 1 aromatic carbocycles. The lowest BCUT2D eigenvalue weighted by Gasteiger charge is -2.29. The van der Waals surface area contributed by atoms with Crippen molar-refractivity contribution in [3.05, 3.63) is 28.7 Å². The molecule has 5 nitrogen and oxygen atoms in total. The van der Waals surface area contributed by atoms with Gasteiger partial charge in [0.25, 0.3) is 0 Å². The van der Waals surface area contributed by atoms with Crippen LogP contribution >= 0.6 is 0 Å². The molecule has 1 aromatic heterocycles. The number of likely N-dealkylation sites (tertiary alicyclic amines) is 1. The Morgan fingerprint density at radius 1 is 1.00 bits per heavy atom. The number of hydrogen-bond acceptors (Lipinski definition) is 3. The van der Waals surface area contributed by atoms with E-state index in [9.17, 15) is 4.79 Å². The predicted octanol–water partition coefficient (Wildman–Crippen LogP) is 2.38. The zero-order valence-electron chi connectivity index (χ0n) is 14.3. The Morgan fingerprint density at radius 2 is 1.59 bits per heavy atom. The molecule has 122 valence electrons. The largest absolute Gasteiger partial charge is 0.490 e. The molecule has 0 spiro atoms. The van der Waals surface area contributed by atoms with Gasteiger partial charge in [-0.05, 0) is 32.0 Å². The minimum absolute atomic E-state index is 0.00330. The molecule has 0 bridgehead atoms. The van der Waals surface area contributed by atoms with Gasteiger partial charge in [0, 0.05) is 33.3 Å². The highest BCUT2D eigenvalue weighted by molar-refractivity contribution is 5.77. The van der Waals surface area contributed by atoms with Crippen molar-refractivity contribution < 1.29 is 4.74 Å². The number of rotatable bonds is 2. The lowest BCUT2D eigenvalue weighted by atomic mass is 10.1. The van der Waals surface area contributed by atoms with E-state index >= 15 is 0 Å². The van der Waals surface area contributed by atoms with E-state index in [4.69, 9.17) is 4.74 Å². The van der Waals surface area contributed by atoms with Crippen LogP contribution in [0.1, 0.15) is 26.7 Å². The Hall–Kier alpha value is -1.75. The number of ether oxygens (including phenoxy) is 1. The Kier molecular flexibility index (Phi) is 5.29. The third kappa shape index (κ3) is 3.19. The van der Waals surface area contributed by atoms with Crippen LogP contribution in [0.4, 0.5) is 0 Å². The number of fused-ring (bicyclic) bond motifs is 1. The molecule has 22 heavy (non-hydrogen) atoms. The Labute approximate surface area is 132 Å². The maximum absolute atomic E-state index is 11.9. The van der Waals surface area contributed by atoms with Crippen LogP contribution in [0.25, 0.3) is 11.0 Å². The van der Waals surface area contributed by atoms with Crippen molar-refractivity contribution in [3.63, 3.8) is 0 Å². The summed E-state index contributed by atoms with van der Waals surface area (Å²) in [6.07, 6.45) is 2.40. The average Bonchev–Trinajstić information content (AvgIpc) is 2.76. The van der Waals surface area contributed by atoms with Crippen LogP contribution in [0.15, 0.2) is 23.0 Å². The third-order valence-electron chi connectivity index (χ3n) is 4.21. The molecule has 1 aliphatic rings. The smallest absolute Gasteiger partial charge is 0.328 e. The SMILES string of the molecule is CC.CN1CCC(Oc2ccc3c(c2)n(C)c(=O)n3C)CC1. The molecule has 0 saturated carbocycles. The van der Waals surface area contributed by atoms with E-state index in [-0.39, 0.29) is 11.8 Å². The summed E-state index contributed by atoms with van der Waals surface area (Å²) in [7, 11) is 5.73. The number of piperidine rings is 1. The van der Waals surface area contributed by atoms with Gasteiger partial charge >= 0.3 is 5.69 Å². The Balaban J connectivity index is 0.000000847. The first-order valence-corrected chi connectivity index (χ1v) is 8.07. The van der Waals surface area contributed by atoms with Crippen molar-refractivity contribution in [3.8, 4) is 5.75 Å². The van der Waals surface area contributed by atoms with Crippen LogP contribution in [0.5, 0.6) is 5.75 Å². The van der Waals surface area contributed by atoms with Crippen molar-refractivity contribution >= 4 is 11.0 Å². The summed E-state index contributed by atoms with van der Waals surface area (Å²) in [5.74, 6) is 0.855. The van der Waals surface area contributed by atoms with Crippen molar-refractivity contribution in [2.24, 2.45) is 14.1 Å². The average molecular weight is 305 g/mol. The minimum atomic E-state index is -0.00330. The summed E-state index contributed by atoms with van der Waals surface area (Å²) in [5, 5.41) is 0. The van der Waals surface area contributed by atoms with Crippen LogP contribution in [0.3, 0.4) is 0 Å². The quantitative estimate of drug-likeness (QED) is 0.855. The molecule has 1 aliphatic heterocycles. The van der Waals surface area contributed by atoms with Crippen molar-refractivity contribution in [2.75, 3.05) is 20.1 Å². The van der Waals surface area contributed by atoms with Gasteiger partial charge in [-0.2, -0.15) is 0 Å². The van der Waals surface area contributed by atoms with E-state index in [1.165, 1.54) is 0 Å². The second-order valence-corrected chi connectivity index (χ2v) is 5.67. The summed E-state index contributed by atoms with van der Waals surface area (Å²) in [4.78, 5) is 14.2. The third-order valence-corrected chi connectivity index (χ3v) is 4.21. The van der Waals surface area contributed by atoms with Crippen LogP contribution < -0.4 is 10.4 Å². The van der Waals surface area contributed by atoms with Crippen LogP contribution in [0, 0.1) is 0 Å². The minimum Gasteiger partial charge on any atom is -0.490 e. The van der Waals surface area contributed by atoms with E-state index in [1.807, 2.05) is 32.0 Å².